The van der Waals surface area contributed by atoms with Crippen molar-refractivity contribution in [2.75, 3.05) is 13.2 Å². The summed E-state index contributed by atoms with van der Waals surface area (Å²) in [5.74, 6) is -0.0299. The smallest absolute Gasteiger partial charge is 0.305 e. The Morgan fingerprint density at radius 2 is 0.781 bits per heavy atom. The average Bonchev–Trinajstić information content (AvgIpc) is 2.78. The molecule has 0 aromatic heterocycles. The molecule has 1 rings (SSSR count). The number of alkyl halides is 2. The van der Waals surface area contributed by atoms with Crippen LogP contribution in [0.15, 0.2) is 0 Å². The molecule has 1 saturated heterocycles. The lowest BCUT2D eigenvalue weighted by molar-refractivity contribution is -0.144. The molecule has 0 N–H and O–H groups in total. The third kappa shape index (κ3) is 19.8. The Kier molecular flexibility index (Phi) is 20.8. The highest BCUT2D eigenvalue weighted by atomic mass is 127. The van der Waals surface area contributed by atoms with Gasteiger partial charge in [-0.05, 0) is 38.5 Å². The average molecular weight is 676 g/mol. The molecule has 1 aliphatic heterocycles. The highest BCUT2D eigenvalue weighted by Crippen LogP contribution is 2.20. The van der Waals surface area contributed by atoms with Gasteiger partial charge in [0.05, 0.1) is 13.2 Å². The third-order valence-electron chi connectivity index (χ3n) is 6.17. The molecule has 0 aromatic carbocycles. The van der Waals surface area contributed by atoms with Crippen molar-refractivity contribution in [3.05, 3.63) is 0 Å². The first-order chi connectivity index (χ1) is 15.6. The van der Waals surface area contributed by atoms with Crippen molar-refractivity contribution < 1.29 is 19.1 Å². The Balaban J connectivity index is 2.24. The number of cyclic esters (lactones) is 2. The van der Waals surface area contributed by atoms with E-state index in [2.05, 4.69) is 45.2 Å². The number of hydrogen-bond donors (Lipinski definition) is 0. The van der Waals surface area contributed by atoms with E-state index in [1.807, 2.05) is 0 Å². The third-order valence-corrected chi connectivity index (χ3v) is 8.66. The van der Waals surface area contributed by atoms with Crippen LogP contribution in [-0.4, -0.2) is 33.0 Å². The molecule has 0 aliphatic carbocycles. The molecule has 32 heavy (non-hydrogen) atoms. The van der Waals surface area contributed by atoms with Crippen molar-refractivity contribution in [2.45, 2.75) is 136 Å². The fraction of sp³-hybridized carbons (Fsp3) is 0.923. The van der Waals surface area contributed by atoms with Crippen LogP contribution >= 0.6 is 45.2 Å². The zero-order valence-corrected chi connectivity index (χ0v) is 24.4. The van der Waals surface area contributed by atoms with Gasteiger partial charge in [-0.15, -0.1) is 0 Å². The van der Waals surface area contributed by atoms with Gasteiger partial charge in [-0.25, -0.2) is 0 Å². The van der Waals surface area contributed by atoms with Crippen LogP contribution in [0.2, 0.25) is 0 Å². The number of halogens is 2. The van der Waals surface area contributed by atoms with Gasteiger partial charge in [-0.2, -0.15) is 0 Å². The second-order valence-electron chi connectivity index (χ2n) is 9.24. The Labute approximate surface area is 224 Å². The molecule has 0 radical (unpaired) electrons. The zero-order chi connectivity index (χ0) is 23.3. The van der Waals surface area contributed by atoms with Gasteiger partial charge in [0.2, 0.25) is 0 Å². The van der Waals surface area contributed by atoms with Gasteiger partial charge < -0.3 is 9.47 Å². The highest BCUT2D eigenvalue weighted by Gasteiger charge is 2.10. The van der Waals surface area contributed by atoms with E-state index in [4.69, 9.17) is 9.47 Å². The Morgan fingerprint density at radius 3 is 1.16 bits per heavy atom. The first-order valence-corrected chi connectivity index (χ1v) is 15.7. The summed E-state index contributed by atoms with van der Waals surface area (Å²) in [4.78, 5) is 23.9. The van der Waals surface area contributed by atoms with Crippen molar-refractivity contribution in [3.8, 4) is 0 Å². The fourth-order valence-electron chi connectivity index (χ4n) is 4.06. The lowest BCUT2D eigenvalue weighted by atomic mass is 10.1. The first-order valence-electron chi connectivity index (χ1n) is 13.2. The number of carbonyl (C=O) groups is 2. The minimum absolute atomic E-state index is 0.0149. The summed E-state index contributed by atoms with van der Waals surface area (Å²) in [6.45, 7) is 1.17. The summed E-state index contributed by atoms with van der Waals surface area (Å²) >= 11 is 4.98. The number of ether oxygens (including phenoxy) is 2. The Hall–Kier alpha value is 0.400. The molecule has 0 amide bonds. The van der Waals surface area contributed by atoms with E-state index < -0.39 is 0 Å². The maximum atomic E-state index is 11.9. The molecule has 0 aromatic rings. The molecular formula is C26H46I2O4. The van der Waals surface area contributed by atoms with Crippen LogP contribution in [0.3, 0.4) is 0 Å². The minimum atomic E-state index is -0.0149. The Morgan fingerprint density at radius 1 is 0.469 bits per heavy atom. The van der Waals surface area contributed by atoms with E-state index in [9.17, 15) is 9.59 Å². The molecule has 0 spiro atoms. The molecule has 6 heteroatoms. The van der Waals surface area contributed by atoms with E-state index in [-0.39, 0.29) is 11.9 Å². The first kappa shape index (κ1) is 30.4. The molecule has 0 bridgehead atoms. The molecule has 2 unspecified atom stereocenters. The number of esters is 2. The summed E-state index contributed by atoms with van der Waals surface area (Å²) in [7, 11) is 0. The SMILES string of the molecule is O=C1CCC(I)CCCCCCCCCOC(=O)CCC(I)CCCCCCCCCO1. The van der Waals surface area contributed by atoms with Crippen LogP contribution in [0.5, 0.6) is 0 Å². The van der Waals surface area contributed by atoms with Gasteiger partial charge in [-0.1, -0.05) is 122 Å². The van der Waals surface area contributed by atoms with E-state index in [1.54, 1.807) is 0 Å². The second kappa shape index (κ2) is 21.9. The van der Waals surface area contributed by atoms with Crippen molar-refractivity contribution in [2.24, 2.45) is 0 Å². The van der Waals surface area contributed by atoms with E-state index in [0.29, 0.717) is 33.9 Å². The van der Waals surface area contributed by atoms with Gasteiger partial charge in [0.25, 0.3) is 0 Å². The number of rotatable bonds is 0. The van der Waals surface area contributed by atoms with E-state index in [1.165, 1.54) is 77.0 Å². The number of hydrogen-bond acceptors (Lipinski definition) is 4. The lowest BCUT2D eigenvalue weighted by Gasteiger charge is -2.11. The standard InChI is InChI=1S/C26H46I2O4/c27-23-15-11-7-3-1-5-9-13-21-31-25(29)20-18-24(28)16-12-8-4-2-6-10-14-22-32-26(30)19-17-23/h23-24H,1-22H2. The maximum absolute atomic E-state index is 11.9. The predicted octanol–water partition coefficient (Wildman–Crippen LogP) is 8.50. The van der Waals surface area contributed by atoms with Crippen LogP contribution in [0.1, 0.15) is 128 Å². The van der Waals surface area contributed by atoms with Gasteiger partial charge >= 0.3 is 11.9 Å². The van der Waals surface area contributed by atoms with Crippen LogP contribution in [0.25, 0.3) is 0 Å². The maximum Gasteiger partial charge on any atom is 0.305 e. The van der Waals surface area contributed by atoms with Gasteiger partial charge in [0.1, 0.15) is 0 Å². The largest absolute Gasteiger partial charge is 0.466 e. The van der Waals surface area contributed by atoms with Gasteiger partial charge in [0.15, 0.2) is 0 Å². The molecule has 188 valence electrons. The quantitative estimate of drug-likeness (QED) is 0.147. The topological polar surface area (TPSA) is 52.6 Å². The summed E-state index contributed by atoms with van der Waals surface area (Å²) in [6.07, 6.45) is 22.3. The van der Waals surface area contributed by atoms with Crippen LogP contribution < -0.4 is 0 Å². The van der Waals surface area contributed by atoms with Crippen molar-refractivity contribution in [1.82, 2.24) is 0 Å². The van der Waals surface area contributed by atoms with Gasteiger partial charge in [0, 0.05) is 20.7 Å². The monoisotopic (exact) mass is 676 g/mol. The minimum Gasteiger partial charge on any atom is -0.466 e. The zero-order valence-electron chi connectivity index (χ0n) is 20.1. The van der Waals surface area contributed by atoms with Crippen molar-refractivity contribution in [1.29, 1.82) is 0 Å². The molecule has 1 heterocycles. The normalized spacial score (nSPS) is 26.8. The fourth-order valence-corrected chi connectivity index (χ4v) is 5.56. The van der Waals surface area contributed by atoms with Crippen LogP contribution in [0.4, 0.5) is 0 Å². The summed E-state index contributed by atoms with van der Waals surface area (Å²) in [5.41, 5.74) is 0. The molecule has 0 saturated carbocycles. The summed E-state index contributed by atoms with van der Waals surface area (Å²) in [5, 5.41) is 0. The second-order valence-corrected chi connectivity index (χ2v) is 12.8. The Bertz CT molecular complexity index is 431. The molecule has 1 aliphatic rings. The molecule has 4 nitrogen and oxygen atoms in total. The summed E-state index contributed by atoms with van der Waals surface area (Å²) < 4.78 is 12.0. The van der Waals surface area contributed by atoms with E-state index in [0.717, 1.165) is 38.5 Å². The highest BCUT2D eigenvalue weighted by molar-refractivity contribution is 14.1. The molecular weight excluding hydrogens is 630 g/mol. The molecule has 2 atom stereocenters. The van der Waals surface area contributed by atoms with Gasteiger partial charge in [-0.3, -0.25) is 9.59 Å². The molecule has 1 fully saturated rings. The van der Waals surface area contributed by atoms with Crippen molar-refractivity contribution in [3.63, 3.8) is 0 Å². The van der Waals surface area contributed by atoms with Crippen LogP contribution in [-0.2, 0) is 19.1 Å². The van der Waals surface area contributed by atoms with Crippen LogP contribution in [0, 0.1) is 0 Å². The summed E-state index contributed by atoms with van der Waals surface area (Å²) in [6, 6.07) is 0. The lowest BCUT2D eigenvalue weighted by Crippen LogP contribution is -2.09. The van der Waals surface area contributed by atoms with Crippen molar-refractivity contribution >= 4 is 57.1 Å². The number of carbonyl (C=O) groups excluding carboxylic acids is 2. The van der Waals surface area contributed by atoms with E-state index >= 15 is 0 Å². The predicted molar refractivity (Wildman–Crippen MR) is 150 cm³/mol.